The van der Waals surface area contributed by atoms with Gasteiger partial charge in [0.05, 0.1) is 24.3 Å². The van der Waals surface area contributed by atoms with Crippen molar-refractivity contribution in [2.24, 2.45) is 0 Å². The summed E-state index contributed by atoms with van der Waals surface area (Å²) in [6.45, 7) is 4.05. The molecule has 32 heavy (non-hydrogen) atoms. The maximum atomic E-state index is 13.2. The fourth-order valence-corrected chi connectivity index (χ4v) is 3.46. The van der Waals surface area contributed by atoms with E-state index in [1.807, 2.05) is 13.8 Å². The molecule has 174 valence electrons. The van der Waals surface area contributed by atoms with Gasteiger partial charge >= 0.3 is 0 Å². The number of carbonyl (C=O) groups excluding carboxylic acids is 2. The van der Waals surface area contributed by atoms with E-state index in [1.165, 1.54) is 19.1 Å². The smallest absolute Gasteiger partial charge is 0.261 e. The van der Waals surface area contributed by atoms with Gasteiger partial charge < -0.3 is 24.4 Å². The molecule has 0 heterocycles. The zero-order valence-electron chi connectivity index (χ0n) is 18.6. The van der Waals surface area contributed by atoms with Gasteiger partial charge in [0.2, 0.25) is 5.91 Å². The number of hydrogen-bond donors (Lipinski definition) is 1. The lowest BCUT2D eigenvalue weighted by molar-refractivity contribution is -0.142. The second-order valence-corrected chi connectivity index (χ2v) is 7.74. The van der Waals surface area contributed by atoms with Crippen molar-refractivity contribution in [1.29, 1.82) is 0 Å². The molecular weight excluding hydrogens is 455 g/mol. The molecule has 0 unspecified atom stereocenters. The summed E-state index contributed by atoms with van der Waals surface area (Å²) in [6.07, 6.45) is 0.436. The maximum absolute atomic E-state index is 13.2. The van der Waals surface area contributed by atoms with E-state index in [4.69, 9.17) is 37.4 Å². The Kier molecular flexibility index (Phi) is 9.94. The lowest BCUT2D eigenvalue weighted by atomic mass is 10.1. The van der Waals surface area contributed by atoms with Crippen LogP contribution < -0.4 is 19.5 Å². The van der Waals surface area contributed by atoms with Crippen molar-refractivity contribution >= 4 is 35.0 Å². The van der Waals surface area contributed by atoms with E-state index in [9.17, 15) is 9.59 Å². The van der Waals surface area contributed by atoms with Gasteiger partial charge in [0, 0.05) is 31.3 Å². The number of likely N-dealkylation sites (N-methyl/N-ethyl adjacent to an activating group) is 1. The molecule has 7 nitrogen and oxygen atoms in total. The molecule has 0 radical (unpaired) electrons. The van der Waals surface area contributed by atoms with E-state index in [1.54, 1.807) is 36.4 Å². The third-order valence-corrected chi connectivity index (χ3v) is 5.50. The molecule has 0 aliphatic heterocycles. The highest BCUT2D eigenvalue weighted by molar-refractivity contribution is 6.42. The fraction of sp³-hybridized carbons (Fsp3) is 0.391. The largest absolute Gasteiger partial charge is 0.496 e. The highest BCUT2D eigenvalue weighted by atomic mass is 35.5. The number of nitrogens with one attached hydrogen (secondary N) is 1. The van der Waals surface area contributed by atoms with Gasteiger partial charge in [-0.2, -0.15) is 0 Å². The van der Waals surface area contributed by atoms with Crippen molar-refractivity contribution in [2.75, 3.05) is 27.4 Å². The molecule has 1 atom stereocenters. The number of hydrogen-bond acceptors (Lipinski definition) is 5. The number of benzene rings is 2. The van der Waals surface area contributed by atoms with E-state index in [-0.39, 0.29) is 25.0 Å². The zero-order chi connectivity index (χ0) is 23.7. The first-order valence-corrected chi connectivity index (χ1v) is 10.9. The number of halogens is 2. The van der Waals surface area contributed by atoms with E-state index in [0.29, 0.717) is 40.3 Å². The summed E-state index contributed by atoms with van der Waals surface area (Å²) in [5.41, 5.74) is 0.749. The molecular formula is C23H28Cl2N2O5. The van der Waals surface area contributed by atoms with E-state index in [2.05, 4.69) is 5.32 Å². The third-order valence-electron chi connectivity index (χ3n) is 4.76. The Morgan fingerprint density at radius 3 is 2.12 bits per heavy atom. The standard InChI is InChI=1S/C23H28Cl2N2O5/c1-5-21(23(29)26-6-2)27(13-15-7-8-19(24)20(25)9-15)22(28)14-32-18-11-16(30-3)10-17(12-18)31-4/h7-12,21H,5-6,13-14H2,1-4H3,(H,26,29)/t21-/m0/s1. The monoisotopic (exact) mass is 482 g/mol. The quantitative estimate of drug-likeness (QED) is 0.515. The summed E-state index contributed by atoms with van der Waals surface area (Å²) in [7, 11) is 3.06. The second-order valence-electron chi connectivity index (χ2n) is 6.93. The van der Waals surface area contributed by atoms with Gasteiger partial charge in [0.15, 0.2) is 6.61 Å². The van der Waals surface area contributed by atoms with Crippen LogP contribution in [0.1, 0.15) is 25.8 Å². The number of carbonyl (C=O) groups is 2. The Hall–Kier alpha value is -2.64. The Labute approximate surface area is 198 Å². The summed E-state index contributed by atoms with van der Waals surface area (Å²) in [5.74, 6) is 0.902. The van der Waals surface area contributed by atoms with Crippen LogP contribution in [0.2, 0.25) is 10.0 Å². The number of rotatable bonds is 11. The fourth-order valence-electron chi connectivity index (χ4n) is 3.14. The van der Waals surface area contributed by atoms with Crippen LogP contribution in [0.5, 0.6) is 17.2 Å². The predicted octanol–water partition coefficient (Wildman–Crippen LogP) is 4.33. The van der Waals surface area contributed by atoms with Crippen molar-refractivity contribution in [3.63, 3.8) is 0 Å². The van der Waals surface area contributed by atoms with Crippen LogP contribution in [0.4, 0.5) is 0 Å². The average molecular weight is 483 g/mol. The Balaban J connectivity index is 2.26. The van der Waals surface area contributed by atoms with Crippen LogP contribution in [0, 0.1) is 0 Å². The number of methoxy groups -OCH3 is 2. The van der Waals surface area contributed by atoms with Crippen LogP contribution in [0.3, 0.4) is 0 Å². The number of nitrogens with zero attached hydrogens (tertiary/aromatic N) is 1. The summed E-state index contributed by atoms with van der Waals surface area (Å²) in [4.78, 5) is 27.3. The van der Waals surface area contributed by atoms with Crippen molar-refractivity contribution in [3.8, 4) is 17.2 Å². The van der Waals surface area contributed by atoms with Crippen molar-refractivity contribution in [2.45, 2.75) is 32.9 Å². The maximum Gasteiger partial charge on any atom is 0.261 e. The lowest BCUT2D eigenvalue weighted by Crippen LogP contribution is -2.50. The van der Waals surface area contributed by atoms with Crippen LogP contribution in [-0.2, 0) is 16.1 Å². The first-order chi connectivity index (χ1) is 15.3. The van der Waals surface area contributed by atoms with Gasteiger partial charge in [-0.05, 0) is 31.0 Å². The van der Waals surface area contributed by atoms with E-state index < -0.39 is 6.04 Å². The molecule has 0 saturated carbocycles. The second kappa shape index (κ2) is 12.4. The first kappa shape index (κ1) is 25.6. The molecule has 0 aliphatic rings. The highest BCUT2D eigenvalue weighted by Crippen LogP contribution is 2.28. The summed E-state index contributed by atoms with van der Waals surface area (Å²) in [6, 6.07) is 9.46. The van der Waals surface area contributed by atoms with Crippen molar-refractivity contribution in [3.05, 3.63) is 52.0 Å². The Bertz CT molecular complexity index is 916. The summed E-state index contributed by atoms with van der Waals surface area (Å²) >= 11 is 12.1. The van der Waals surface area contributed by atoms with Crippen LogP contribution in [0.25, 0.3) is 0 Å². The van der Waals surface area contributed by atoms with Gasteiger partial charge in [-0.1, -0.05) is 36.2 Å². The van der Waals surface area contributed by atoms with Gasteiger partial charge in [0.25, 0.3) is 5.91 Å². The first-order valence-electron chi connectivity index (χ1n) is 10.2. The minimum atomic E-state index is -0.666. The molecule has 2 aromatic carbocycles. The van der Waals surface area contributed by atoms with Gasteiger partial charge in [0.1, 0.15) is 23.3 Å². The van der Waals surface area contributed by atoms with Crippen LogP contribution in [0.15, 0.2) is 36.4 Å². The molecule has 0 bridgehead atoms. The molecule has 0 fully saturated rings. The van der Waals surface area contributed by atoms with E-state index >= 15 is 0 Å². The molecule has 0 aliphatic carbocycles. The van der Waals surface area contributed by atoms with Gasteiger partial charge in [-0.3, -0.25) is 9.59 Å². The molecule has 2 rings (SSSR count). The third kappa shape index (κ3) is 6.93. The Morgan fingerprint density at radius 2 is 1.59 bits per heavy atom. The number of ether oxygens (including phenoxy) is 3. The highest BCUT2D eigenvalue weighted by Gasteiger charge is 2.28. The zero-order valence-corrected chi connectivity index (χ0v) is 20.1. The van der Waals surface area contributed by atoms with Gasteiger partial charge in [-0.25, -0.2) is 0 Å². The Morgan fingerprint density at radius 1 is 0.969 bits per heavy atom. The molecule has 0 spiro atoms. The lowest BCUT2D eigenvalue weighted by Gasteiger charge is -2.30. The van der Waals surface area contributed by atoms with Crippen molar-refractivity contribution in [1.82, 2.24) is 10.2 Å². The average Bonchev–Trinajstić information content (AvgIpc) is 2.79. The van der Waals surface area contributed by atoms with Crippen LogP contribution in [-0.4, -0.2) is 50.1 Å². The topological polar surface area (TPSA) is 77.1 Å². The minimum absolute atomic E-state index is 0.177. The normalized spacial score (nSPS) is 11.4. The molecule has 9 heteroatoms. The number of amides is 2. The summed E-state index contributed by atoms with van der Waals surface area (Å²) in [5, 5.41) is 3.58. The SMILES string of the molecule is CCNC(=O)[C@H](CC)N(Cc1ccc(Cl)c(Cl)c1)C(=O)COc1cc(OC)cc(OC)c1. The van der Waals surface area contributed by atoms with E-state index in [0.717, 1.165) is 5.56 Å². The molecule has 2 aromatic rings. The van der Waals surface area contributed by atoms with Crippen LogP contribution >= 0.6 is 23.2 Å². The molecule has 1 N–H and O–H groups in total. The predicted molar refractivity (Wildman–Crippen MR) is 125 cm³/mol. The summed E-state index contributed by atoms with van der Waals surface area (Å²) < 4.78 is 16.2. The van der Waals surface area contributed by atoms with Gasteiger partial charge in [-0.15, -0.1) is 0 Å². The molecule has 0 aromatic heterocycles. The van der Waals surface area contributed by atoms with Crippen molar-refractivity contribution < 1.29 is 23.8 Å². The molecule has 0 saturated heterocycles. The molecule has 2 amide bonds. The minimum Gasteiger partial charge on any atom is -0.496 e.